The third-order valence-electron chi connectivity index (χ3n) is 3.92. The van der Waals surface area contributed by atoms with Gasteiger partial charge in [-0.05, 0) is 37.5 Å². The molecule has 22 heavy (non-hydrogen) atoms. The van der Waals surface area contributed by atoms with Crippen molar-refractivity contribution in [2.75, 3.05) is 6.54 Å². The fourth-order valence-corrected chi connectivity index (χ4v) is 2.60. The van der Waals surface area contributed by atoms with E-state index in [1.807, 2.05) is 0 Å². The van der Waals surface area contributed by atoms with Crippen LogP contribution in [0.1, 0.15) is 35.7 Å². The highest BCUT2D eigenvalue weighted by Gasteiger charge is 2.32. The minimum Gasteiger partial charge on any atom is -0.452 e. The highest BCUT2D eigenvalue weighted by Crippen LogP contribution is 2.17. The predicted molar refractivity (Wildman–Crippen MR) is 84.0 cm³/mol. The molecule has 1 radical (unpaired) electrons. The summed E-state index contributed by atoms with van der Waals surface area (Å²) < 4.78 is 0. The van der Waals surface area contributed by atoms with E-state index in [1.165, 1.54) is 0 Å². The summed E-state index contributed by atoms with van der Waals surface area (Å²) in [5, 5.41) is 11.9. The Morgan fingerprint density at radius 2 is 2.14 bits per heavy atom. The van der Waals surface area contributed by atoms with E-state index in [2.05, 4.69) is 5.32 Å². The summed E-state index contributed by atoms with van der Waals surface area (Å²) in [6.45, 7) is 2.68. The lowest BCUT2D eigenvalue weighted by molar-refractivity contribution is -0.132. The summed E-state index contributed by atoms with van der Waals surface area (Å²) in [5.41, 5.74) is 6.95. The average molecular weight is 302 g/mol. The van der Waals surface area contributed by atoms with Gasteiger partial charge in [0, 0.05) is 24.6 Å². The highest BCUT2D eigenvalue weighted by molar-refractivity contribution is 6.28. The Bertz CT molecular complexity index is 535. The summed E-state index contributed by atoms with van der Waals surface area (Å²) in [6.07, 6.45) is 1.61. The zero-order valence-electron chi connectivity index (χ0n) is 12.7. The fourth-order valence-electron chi connectivity index (χ4n) is 2.60. The Morgan fingerprint density at radius 3 is 2.73 bits per heavy atom. The van der Waals surface area contributed by atoms with E-state index in [4.69, 9.17) is 10.8 Å². The molecule has 1 aliphatic heterocycles. The monoisotopic (exact) mass is 302 g/mol. The second-order valence-corrected chi connectivity index (χ2v) is 5.49. The van der Waals surface area contributed by atoms with E-state index >= 15 is 0 Å². The first-order valence-corrected chi connectivity index (χ1v) is 7.44. The van der Waals surface area contributed by atoms with Gasteiger partial charge in [0.05, 0.1) is 0 Å². The summed E-state index contributed by atoms with van der Waals surface area (Å²) in [6, 6.07) is 6.32. The molecule has 1 saturated heterocycles. The molecule has 4 N–H and O–H groups in total. The van der Waals surface area contributed by atoms with Crippen LogP contribution in [0.5, 0.6) is 0 Å². The normalized spacial score (nSPS) is 18.9. The van der Waals surface area contributed by atoms with E-state index in [1.54, 1.807) is 36.1 Å². The number of hydrogen-bond acceptors (Lipinski definition) is 4. The third kappa shape index (κ3) is 3.67. The lowest BCUT2D eigenvalue weighted by Crippen LogP contribution is -2.49. The Hall–Kier alpha value is -1.86. The molecule has 1 aromatic rings. The van der Waals surface area contributed by atoms with Gasteiger partial charge in [-0.3, -0.25) is 9.59 Å². The topological polar surface area (TPSA) is 95.7 Å². The van der Waals surface area contributed by atoms with Crippen molar-refractivity contribution in [1.82, 2.24) is 10.2 Å². The van der Waals surface area contributed by atoms with Crippen molar-refractivity contribution in [1.29, 1.82) is 0 Å². The van der Waals surface area contributed by atoms with Crippen molar-refractivity contribution < 1.29 is 14.6 Å². The molecule has 7 heteroatoms. The zero-order valence-corrected chi connectivity index (χ0v) is 12.7. The molecule has 6 nitrogen and oxygen atoms in total. The molecule has 0 aromatic heterocycles. The first-order chi connectivity index (χ1) is 10.6. The Labute approximate surface area is 130 Å². The third-order valence-corrected chi connectivity index (χ3v) is 3.92. The van der Waals surface area contributed by atoms with E-state index in [0.717, 1.165) is 25.9 Å². The van der Waals surface area contributed by atoms with Crippen LogP contribution >= 0.6 is 0 Å². The SMILES string of the molecule is C[C@@H](NC(=O)c1ccc(CN)cc1)C(=O)N1CCC[C@H]1[B]O. The molecule has 2 rings (SSSR count). The number of rotatable bonds is 5. The van der Waals surface area contributed by atoms with Gasteiger partial charge in [0.2, 0.25) is 5.91 Å². The number of nitrogens with two attached hydrogens (primary N) is 1. The number of benzene rings is 1. The molecular formula is C15H21BN3O3. The molecule has 0 spiro atoms. The van der Waals surface area contributed by atoms with Crippen molar-refractivity contribution in [2.45, 2.75) is 38.3 Å². The van der Waals surface area contributed by atoms with E-state index in [0.29, 0.717) is 18.7 Å². The van der Waals surface area contributed by atoms with Crippen molar-refractivity contribution in [2.24, 2.45) is 5.73 Å². The van der Waals surface area contributed by atoms with Crippen molar-refractivity contribution >= 4 is 19.3 Å². The van der Waals surface area contributed by atoms with Gasteiger partial charge in [-0.2, -0.15) is 0 Å². The maximum atomic E-state index is 12.3. The number of nitrogens with one attached hydrogen (secondary N) is 1. The quantitative estimate of drug-likeness (QED) is 0.658. The molecule has 1 heterocycles. The van der Waals surface area contributed by atoms with Crippen LogP contribution in [0.4, 0.5) is 0 Å². The minimum absolute atomic E-state index is 0.181. The predicted octanol–water partition coefficient (Wildman–Crippen LogP) is -0.176. The molecule has 1 aliphatic rings. The summed E-state index contributed by atoms with van der Waals surface area (Å²) in [4.78, 5) is 26.1. The van der Waals surface area contributed by atoms with Gasteiger partial charge in [-0.25, -0.2) is 0 Å². The summed E-state index contributed by atoms with van der Waals surface area (Å²) in [5.74, 6) is -0.733. The van der Waals surface area contributed by atoms with Crippen molar-refractivity contribution in [3.8, 4) is 0 Å². The molecule has 117 valence electrons. The first-order valence-electron chi connectivity index (χ1n) is 7.44. The van der Waals surface area contributed by atoms with Gasteiger partial charge in [-0.1, -0.05) is 12.1 Å². The molecule has 2 amide bonds. The summed E-state index contributed by atoms with van der Waals surface area (Å²) >= 11 is 0. The van der Waals surface area contributed by atoms with E-state index < -0.39 is 6.04 Å². The largest absolute Gasteiger partial charge is 0.452 e. The molecule has 0 bridgehead atoms. The second-order valence-electron chi connectivity index (χ2n) is 5.49. The van der Waals surface area contributed by atoms with E-state index in [-0.39, 0.29) is 17.8 Å². The molecule has 1 aromatic carbocycles. The van der Waals surface area contributed by atoms with Crippen LogP contribution < -0.4 is 11.1 Å². The molecular weight excluding hydrogens is 281 g/mol. The van der Waals surface area contributed by atoms with Crippen LogP contribution in [0.25, 0.3) is 0 Å². The van der Waals surface area contributed by atoms with Gasteiger partial charge in [0.25, 0.3) is 5.91 Å². The van der Waals surface area contributed by atoms with E-state index in [9.17, 15) is 9.59 Å². The Balaban J connectivity index is 1.96. The number of likely N-dealkylation sites (tertiary alicyclic amines) is 1. The molecule has 1 fully saturated rings. The van der Waals surface area contributed by atoms with Gasteiger partial charge in [0.15, 0.2) is 0 Å². The highest BCUT2D eigenvalue weighted by atomic mass is 16.2. The average Bonchev–Trinajstić information content (AvgIpc) is 3.02. The van der Waals surface area contributed by atoms with Gasteiger partial charge in [-0.15, -0.1) is 0 Å². The standard InChI is InChI=1S/C15H21BN3O3/c1-10(15(21)19-8-2-3-13(19)16-22)18-14(20)12-6-4-11(9-17)5-7-12/h4-7,10,13,22H,2-3,8-9,17H2,1H3,(H,18,20)/t10-,13+/m1/s1. The number of carbonyl (C=O) groups excluding carboxylic acids is 2. The Morgan fingerprint density at radius 1 is 1.45 bits per heavy atom. The van der Waals surface area contributed by atoms with Gasteiger partial charge >= 0.3 is 7.48 Å². The molecule has 0 unspecified atom stereocenters. The molecule has 2 atom stereocenters. The van der Waals surface area contributed by atoms with Crippen LogP contribution in [0.15, 0.2) is 24.3 Å². The number of carbonyl (C=O) groups is 2. The maximum Gasteiger partial charge on any atom is 0.312 e. The second kappa shape index (κ2) is 7.42. The number of nitrogens with zero attached hydrogens (tertiary/aromatic N) is 1. The zero-order chi connectivity index (χ0) is 16.1. The van der Waals surface area contributed by atoms with Crippen LogP contribution in [-0.2, 0) is 11.3 Å². The molecule has 0 saturated carbocycles. The van der Waals surface area contributed by atoms with Crippen LogP contribution in [0.3, 0.4) is 0 Å². The van der Waals surface area contributed by atoms with Gasteiger partial charge < -0.3 is 21.0 Å². The lowest BCUT2D eigenvalue weighted by atomic mass is 9.86. The number of hydrogen-bond donors (Lipinski definition) is 3. The smallest absolute Gasteiger partial charge is 0.312 e. The maximum absolute atomic E-state index is 12.3. The summed E-state index contributed by atoms with van der Waals surface area (Å²) in [7, 11) is 1.05. The van der Waals surface area contributed by atoms with Crippen LogP contribution in [0, 0.1) is 0 Å². The fraction of sp³-hybridized carbons (Fsp3) is 0.467. The molecule has 0 aliphatic carbocycles. The van der Waals surface area contributed by atoms with Crippen molar-refractivity contribution in [3.05, 3.63) is 35.4 Å². The minimum atomic E-state index is -0.637. The van der Waals surface area contributed by atoms with Crippen LogP contribution in [-0.4, -0.2) is 47.7 Å². The first kappa shape index (κ1) is 16.5. The van der Waals surface area contributed by atoms with Crippen molar-refractivity contribution in [3.63, 3.8) is 0 Å². The number of amides is 2. The Kier molecular flexibility index (Phi) is 5.57. The van der Waals surface area contributed by atoms with Gasteiger partial charge in [0.1, 0.15) is 6.04 Å². The lowest BCUT2D eigenvalue weighted by Gasteiger charge is -2.26. The van der Waals surface area contributed by atoms with Crippen LogP contribution in [0.2, 0.25) is 0 Å².